The van der Waals surface area contributed by atoms with E-state index in [1.807, 2.05) is 24.1 Å². The molecule has 2 fully saturated rings. The van der Waals surface area contributed by atoms with Crippen molar-refractivity contribution in [2.75, 3.05) is 18.4 Å². The van der Waals surface area contributed by atoms with Crippen LogP contribution < -0.4 is 11.1 Å². The molecule has 0 spiro atoms. The fourth-order valence-electron chi connectivity index (χ4n) is 5.66. The molecule has 0 unspecified atom stereocenters. The monoisotopic (exact) mass is 486 g/mol. The summed E-state index contributed by atoms with van der Waals surface area (Å²) >= 11 is 0. The second kappa shape index (κ2) is 8.59. The lowest BCUT2D eigenvalue weighted by molar-refractivity contribution is -0.136. The van der Waals surface area contributed by atoms with Crippen LogP contribution in [0.5, 0.6) is 0 Å². The van der Waals surface area contributed by atoms with Gasteiger partial charge in [0.05, 0.1) is 29.0 Å². The van der Waals surface area contributed by atoms with Crippen molar-refractivity contribution in [3.63, 3.8) is 0 Å². The third-order valence-corrected chi connectivity index (χ3v) is 7.81. The Morgan fingerprint density at radius 3 is 2.56 bits per heavy atom. The van der Waals surface area contributed by atoms with E-state index in [0.29, 0.717) is 42.0 Å². The molecule has 4 heterocycles. The van der Waals surface area contributed by atoms with E-state index < -0.39 is 11.3 Å². The fourth-order valence-corrected chi connectivity index (χ4v) is 5.66. The zero-order chi connectivity index (χ0) is 25.8. The molecule has 3 N–H and O–H groups in total. The first-order chi connectivity index (χ1) is 17.1. The van der Waals surface area contributed by atoms with Gasteiger partial charge in [-0.05, 0) is 51.0 Å². The van der Waals surface area contributed by atoms with Crippen molar-refractivity contribution in [2.45, 2.75) is 40.2 Å². The normalized spacial score (nSPS) is 23.5. The number of nitriles is 1. The lowest BCUT2D eigenvalue weighted by Crippen LogP contribution is -2.40. The van der Waals surface area contributed by atoms with Crippen LogP contribution in [-0.2, 0) is 4.79 Å². The van der Waals surface area contributed by atoms with E-state index in [1.165, 1.54) is 6.20 Å². The molecule has 36 heavy (non-hydrogen) atoms. The molecule has 1 saturated heterocycles. The molecule has 0 bridgehead atoms. The minimum absolute atomic E-state index is 0.103. The maximum Gasteiger partial charge on any atom is 0.252 e. The van der Waals surface area contributed by atoms with Crippen LogP contribution in [0.4, 0.5) is 5.69 Å². The number of nitrogens with one attached hydrogen (secondary N) is 1. The lowest BCUT2D eigenvalue weighted by Gasteiger charge is -2.28. The number of carbonyl (C=O) groups is 2. The summed E-state index contributed by atoms with van der Waals surface area (Å²) in [5.74, 6) is 0.947. The zero-order valence-electron chi connectivity index (χ0n) is 20.9. The van der Waals surface area contributed by atoms with Gasteiger partial charge in [0.15, 0.2) is 0 Å². The van der Waals surface area contributed by atoms with E-state index in [4.69, 9.17) is 5.73 Å². The van der Waals surface area contributed by atoms with Crippen LogP contribution in [0.2, 0.25) is 0 Å². The highest BCUT2D eigenvalue weighted by Gasteiger charge is 2.49. The van der Waals surface area contributed by atoms with Gasteiger partial charge in [0.2, 0.25) is 5.91 Å². The van der Waals surface area contributed by atoms with Crippen LogP contribution >= 0.6 is 0 Å². The van der Waals surface area contributed by atoms with Gasteiger partial charge in [-0.25, -0.2) is 14.5 Å². The highest BCUT2D eigenvalue weighted by Crippen LogP contribution is 2.45. The van der Waals surface area contributed by atoms with Crippen molar-refractivity contribution >= 4 is 23.0 Å². The first-order valence-corrected chi connectivity index (χ1v) is 12.2. The third-order valence-electron chi connectivity index (χ3n) is 7.81. The number of rotatable bonds is 5. The minimum atomic E-state index is -1.02. The number of aromatic nitrogens is 4. The van der Waals surface area contributed by atoms with Crippen molar-refractivity contribution in [1.29, 1.82) is 5.26 Å². The molecule has 10 nitrogen and oxygen atoms in total. The molecule has 2 aliphatic rings. The van der Waals surface area contributed by atoms with Gasteiger partial charge in [-0.15, -0.1) is 0 Å². The summed E-state index contributed by atoms with van der Waals surface area (Å²) in [7, 11) is 0. The molecule has 5 rings (SSSR count). The third kappa shape index (κ3) is 3.94. The standard InChI is InChI=1S/C26H30N8O2/c1-14-20-12-33(25(36)26(3,4)13-27)10-17(20)5-21(14)32-23-19(24(28)35)9-31-34-11-16(6-22(23)34)18-7-29-15(2)30-8-18/h6-9,11,14,17,20-21,32H,5,10,12H2,1-4H3,(H2,28,35)/t14-,17-,20-,21-/m1/s1. The van der Waals surface area contributed by atoms with Crippen molar-refractivity contribution < 1.29 is 9.59 Å². The zero-order valence-corrected chi connectivity index (χ0v) is 20.9. The fraction of sp³-hybridized carbons (Fsp3) is 0.462. The topological polar surface area (TPSA) is 142 Å². The Hall–Kier alpha value is -4.00. The first kappa shape index (κ1) is 23.7. The quantitative estimate of drug-likeness (QED) is 0.564. The summed E-state index contributed by atoms with van der Waals surface area (Å²) in [6.07, 6.45) is 7.76. The molecule has 1 saturated carbocycles. The molecule has 2 amide bonds. The molecular weight excluding hydrogens is 456 g/mol. The average Bonchev–Trinajstić information content (AvgIpc) is 3.54. The number of hydrogen-bond donors (Lipinski definition) is 2. The van der Waals surface area contributed by atoms with Gasteiger partial charge in [-0.3, -0.25) is 9.59 Å². The summed E-state index contributed by atoms with van der Waals surface area (Å²) in [5.41, 5.74) is 8.19. The van der Waals surface area contributed by atoms with Crippen molar-refractivity contribution in [3.8, 4) is 17.2 Å². The van der Waals surface area contributed by atoms with Crippen LogP contribution in [0.1, 0.15) is 43.4 Å². The Morgan fingerprint density at radius 2 is 1.92 bits per heavy atom. The van der Waals surface area contributed by atoms with E-state index in [0.717, 1.165) is 23.1 Å². The van der Waals surface area contributed by atoms with Gasteiger partial charge in [-0.2, -0.15) is 10.4 Å². The smallest absolute Gasteiger partial charge is 0.252 e. The number of carbonyl (C=O) groups excluding carboxylic acids is 2. The van der Waals surface area contributed by atoms with Gasteiger partial charge >= 0.3 is 0 Å². The molecule has 186 valence electrons. The molecule has 4 atom stereocenters. The molecule has 10 heteroatoms. The molecule has 3 aromatic rings. The summed E-state index contributed by atoms with van der Waals surface area (Å²) < 4.78 is 1.73. The number of primary amides is 1. The van der Waals surface area contributed by atoms with Gasteiger partial charge in [0.25, 0.3) is 5.91 Å². The summed E-state index contributed by atoms with van der Waals surface area (Å²) in [4.78, 5) is 35.5. The van der Waals surface area contributed by atoms with Crippen LogP contribution in [-0.4, -0.2) is 55.4 Å². The van der Waals surface area contributed by atoms with Gasteiger partial charge in [0, 0.05) is 48.8 Å². The van der Waals surface area contributed by atoms with Crippen molar-refractivity contribution in [3.05, 3.63) is 42.2 Å². The van der Waals surface area contributed by atoms with E-state index in [1.54, 1.807) is 30.8 Å². The predicted octanol–water partition coefficient (Wildman–Crippen LogP) is 2.64. The highest BCUT2D eigenvalue weighted by molar-refractivity contribution is 6.02. The number of amides is 2. The van der Waals surface area contributed by atoms with Crippen LogP contribution in [0, 0.1) is 41.4 Å². The van der Waals surface area contributed by atoms with E-state index in [-0.39, 0.29) is 17.9 Å². The van der Waals surface area contributed by atoms with Gasteiger partial charge < -0.3 is 16.0 Å². The number of anilines is 1. The second-order valence-corrected chi connectivity index (χ2v) is 10.6. The molecular formula is C26H30N8O2. The van der Waals surface area contributed by atoms with Crippen molar-refractivity contribution in [1.82, 2.24) is 24.5 Å². The number of hydrogen-bond acceptors (Lipinski definition) is 7. The van der Waals surface area contributed by atoms with Gasteiger partial charge in [-0.1, -0.05) is 6.92 Å². The average molecular weight is 487 g/mol. The molecule has 0 aromatic carbocycles. The maximum atomic E-state index is 12.8. The maximum absolute atomic E-state index is 12.8. The molecule has 0 radical (unpaired) electrons. The SMILES string of the molecule is Cc1ncc(-c2cc3c(N[C@@H]4C[C@@H]5CN(C(=O)C(C)(C)C#N)C[C@@H]5[C@H]4C)c(C(N)=O)cnn3c2)cn1. The van der Waals surface area contributed by atoms with Crippen molar-refractivity contribution in [2.24, 2.45) is 28.9 Å². The number of likely N-dealkylation sites (tertiary alicyclic amines) is 1. The number of nitrogens with zero attached hydrogens (tertiary/aromatic N) is 6. The van der Waals surface area contributed by atoms with E-state index in [2.05, 4.69) is 33.4 Å². The number of nitrogens with two attached hydrogens (primary N) is 1. The minimum Gasteiger partial charge on any atom is -0.380 e. The van der Waals surface area contributed by atoms with Crippen LogP contribution in [0.3, 0.4) is 0 Å². The largest absolute Gasteiger partial charge is 0.380 e. The van der Waals surface area contributed by atoms with E-state index >= 15 is 0 Å². The summed E-state index contributed by atoms with van der Waals surface area (Å²) in [5, 5.41) is 17.4. The first-order valence-electron chi connectivity index (χ1n) is 12.2. The molecule has 1 aliphatic heterocycles. The number of fused-ring (bicyclic) bond motifs is 2. The second-order valence-electron chi connectivity index (χ2n) is 10.6. The molecule has 1 aliphatic carbocycles. The highest BCUT2D eigenvalue weighted by atomic mass is 16.2. The predicted molar refractivity (Wildman–Crippen MR) is 134 cm³/mol. The number of aryl methyl sites for hydroxylation is 1. The Labute approximate surface area is 209 Å². The van der Waals surface area contributed by atoms with Crippen LogP contribution in [0.15, 0.2) is 30.9 Å². The van der Waals surface area contributed by atoms with Gasteiger partial charge in [0.1, 0.15) is 11.2 Å². The Morgan fingerprint density at radius 1 is 1.19 bits per heavy atom. The Balaban J connectivity index is 1.42. The van der Waals surface area contributed by atoms with E-state index in [9.17, 15) is 14.9 Å². The Kier molecular flexibility index (Phi) is 5.66. The molecule has 3 aromatic heterocycles. The summed E-state index contributed by atoms with van der Waals surface area (Å²) in [6, 6.07) is 4.19. The lowest BCUT2D eigenvalue weighted by atomic mass is 9.92. The summed E-state index contributed by atoms with van der Waals surface area (Å²) in [6.45, 7) is 8.65. The Bertz CT molecular complexity index is 1390. The van der Waals surface area contributed by atoms with Crippen LogP contribution in [0.25, 0.3) is 16.6 Å².